The van der Waals surface area contributed by atoms with Crippen LogP contribution in [0.25, 0.3) is 0 Å². The molecule has 0 saturated carbocycles. The first kappa shape index (κ1) is 23.7. The van der Waals surface area contributed by atoms with Crippen molar-refractivity contribution in [2.24, 2.45) is 0 Å². The van der Waals surface area contributed by atoms with Gasteiger partial charge in [-0.05, 0) is 54.6 Å². The monoisotopic (exact) mass is 512 g/mol. The van der Waals surface area contributed by atoms with Gasteiger partial charge < -0.3 is 14.8 Å². The molecule has 7 nitrogen and oxygen atoms in total. The zero-order chi connectivity index (χ0) is 24.5. The molecule has 1 aliphatic rings. The lowest BCUT2D eigenvalue weighted by Crippen LogP contribution is -2.40. The summed E-state index contributed by atoms with van der Waals surface area (Å²) in [4.78, 5) is 12.3. The van der Waals surface area contributed by atoms with Gasteiger partial charge in [0.15, 0.2) is 11.5 Å². The quantitative estimate of drug-likeness (QED) is 0.505. The minimum absolute atomic E-state index is 0.000234. The van der Waals surface area contributed by atoms with Crippen molar-refractivity contribution in [1.82, 2.24) is 0 Å². The number of para-hydroxylation sites is 2. The maximum absolute atomic E-state index is 13.0. The molecule has 12 heteroatoms. The molecule has 34 heavy (non-hydrogen) atoms. The molecule has 3 aromatic rings. The fourth-order valence-corrected chi connectivity index (χ4v) is 4.38. The molecule has 1 aliphatic heterocycles. The Labute approximate surface area is 197 Å². The van der Waals surface area contributed by atoms with E-state index in [4.69, 9.17) is 21.1 Å². The Morgan fingerprint density at radius 2 is 1.62 bits per heavy atom. The van der Waals surface area contributed by atoms with Crippen LogP contribution in [-0.2, 0) is 21.0 Å². The van der Waals surface area contributed by atoms with Crippen molar-refractivity contribution in [3.05, 3.63) is 77.3 Å². The summed E-state index contributed by atoms with van der Waals surface area (Å²) in [7, 11) is -4.21. The van der Waals surface area contributed by atoms with Gasteiger partial charge in [0.2, 0.25) is 6.10 Å². The molecule has 2 N–H and O–H groups in total. The largest absolute Gasteiger partial charge is 0.485 e. The number of alkyl halides is 3. The number of carbonyl (C=O) groups is 1. The number of benzene rings is 3. The molecule has 0 aromatic heterocycles. The van der Waals surface area contributed by atoms with Crippen molar-refractivity contribution in [1.29, 1.82) is 0 Å². The number of sulfonamides is 1. The first-order chi connectivity index (χ1) is 16.0. The summed E-state index contributed by atoms with van der Waals surface area (Å²) in [5.41, 5.74) is -1.18. The predicted molar refractivity (Wildman–Crippen MR) is 119 cm³/mol. The summed E-state index contributed by atoms with van der Waals surface area (Å²) in [6.45, 7) is 0.000234. The van der Waals surface area contributed by atoms with Crippen LogP contribution < -0.4 is 19.5 Å². The number of rotatable bonds is 5. The fraction of sp³-hybridized carbons (Fsp3) is 0.136. The molecule has 3 aromatic carbocycles. The lowest BCUT2D eigenvalue weighted by Gasteiger charge is -2.25. The molecule has 4 rings (SSSR count). The van der Waals surface area contributed by atoms with Gasteiger partial charge in [-0.25, -0.2) is 8.42 Å². The van der Waals surface area contributed by atoms with Gasteiger partial charge in [-0.2, -0.15) is 13.2 Å². The van der Waals surface area contributed by atoms with Crippen LogP contribution in [0.5, 0.6) is 11.5 Å². The Bertz CT molecular complexity index is 1330. The molecule has 1 amide bonds. The van der Waals surface area contributed by atoms with Crippen LogP contribution in [0.4, 0.5) is 24.5 Å². The third-order valence-electron chi connectivity index (χ3n) is 4.76. The topological polar surface area (TPSA) is 93.7 Å². The molecular formula is C22H16ClF3N2O5S. The predicted octanol–water partition coefficient (Wildman–Crippen LogP) is 4.94. The van der Waals surface area contributed by atoms with E-state index in [0.717, 1.165) is 12.1 Å². The summed E-state index contributed by atoms with van der Waals surface area (Å²) in [6, 6.07) is 14.7. The van der Waals surface area contributed by atoms with Gasteiger partial charge in [0.1, 0.15) is 6.61 Å². The van der Waals surface area contributed by atoms with Crippen molar-refractivity contribution in [2.75, 3.05) is 16.6 Å². The molecule has 1 heterocycles. The van der Waals surface area contributed by atoms with Gasteiger partial charge in [0.05, 0.1) is 15.5 Å². The minimum atomic E-state index is -4.74. The van der Waals surface area contributed by atoms with Crippen molar-refractivity contribution in [3.63, 3.8) is 0 Å². The Balaban J connectivity index is 1.43. The number of fused-ring (bicyclic) bond motifs is 1. The van der Waals surface area contributed by atoms with Gasteiger partial charge in [-0.15, -0.1) is 0 Å². The molecular weight excluding hydrogens is 497 g/mol. The number of nitrogens with one attached hydrogen (secondary N) is 2. The second-order valence-corrected chi connectivity index (χ2v) is 9.27. The summed E-state index contributed by atoms with van der Waals surface area (Å²) in [6.07, 6.45) is -5.65. The first-order valence-corrected chi connectivity index (χ1v) is 11.6. The van der Waals surface area contributed by atoms with Gasteiger partial charge in [0, 0.05) is 11.4 Å². The standard InChI is InChI=1S/C22H16ClF3N2O5S/c23-17-10-7-14(11-16(17)22(24,25)26)28-34(30,31)15-8-5-13(6-9-15)27-21(29)20-12-32-18-3-1-2-4-19(18)33-20/h1-11,20,28H,12H2,(H,27,29)/t20-/m0/s1. The zero-order valence-electron chi connectivity index (χ0n) is 17.1. The number of hydrogen-bond donors (Lipinski definition) is 2. The lowest BCUT2D eigenvalue weighted by molar-refractivity contribution is -0.137. The van der Waals surface area contributed by atoms with Crippen LogP contribution in [0.15, 0.2) is 71.6 Å². The van der Waals surface area contributed by atoms with E-state index in [1.165, 1.54) is 24.3 Å². The van der Waals surface area contributed by atoms with Gasteiger partial charge in [-0.1, -0.05) is 23.7 Å². The van der Waals surface area contributed by atoms with E-state index in [2.05, 4.69) is 10.0 Å². The number of ether oxygens (including phenoxy) is 2. The lowest BCUT2D eigenvalue weighted by atomic mass is 10.2. The van der Waals surface area contributed by atoms with Crippen molar-refractivity contribution in [2.45, 2.75) is 17.2 Å². The van der Waals surface area contributed by atoms with Crippen LogP contribution in [0.2, 0.25) is 5.02 Å². The first-order valence-electron chi connectivity index (χ1n) is 9.72. The van der Waals surface area contributed by atoms with Crippen molar-refractivity contribution >= 4 is 38.9 Å². The molecule has 0 fully saturated rings. The van der Waals surface area contributed by atoms with E-state index in [0.29, 0.717) is 17.6 Å². The van der Waals surface area contributed by atoms with Crippen LogP contribution in [-0.4, -0.2) is 27.0 Å². The average molecular weight is 513 g/mol. The molecule has 0 unspecified atom stereocenters. The second-order valence-electron chi connectivity index (χ2n) is 7.18. The summed E-state index contributed by atoms with van der Waals surface area (Å²) >= 11 is 5.56. The molecule has 178 valence electrons. The SMILES string of the molecule is O=C(Nc1ccc(S(=O)(=O)Nc2ccc(Cl)c(C(F)(F)F)c2)cc1)[C@@H]1COc2ccccc2O1. The maximum atomic E-state index is 13.0. The molecule has 0 bridgehead atoms. The fourth-order valence-electron chi connectivity index (χ4n) is 3.11. The molecule has 0 saturated heterocycles. The highest BCUT2D eigenvalue weighted by atomic mass is 35.5. The minimum Gasteiger partial charge on any atom is -0.485 e. The molecule has 0 spiro atoms. The van der Waals surface area contributed by atoms with Crippen LogP contribution in [0.3, 0.4) is 0 Å². The Morgan fingerprint density at radius 3 is 2.29 bits per heavy atom. The third-order valence-corrected chi connectivity index (χ3v) is 6.48. The highest BCUT2D eigenvalue weighted by molar-refractivity contribution is 7.92. The van der Waals surface area contributed by atoms with Gasteiger partial charge >= 0.3 is 6.18 Å². The smallest absolute Gasteiger partial charge is 0.417 e. The normalized spacial score (nSPS) is 15.5. The van der Waals surface area contributed by atoms with E-state index < -0.39 is 38.8 Å². The van der Waals surface area contributed by atoms with E-state index in [9.17, 15) is 26.4 Å². The Hall–Kier alpha value is -3.44. The van der Waals surface area contributed by atoms with Crippen LogP contribution >= 0.6 is 11.6 Å². The highest BCUT2D eigenvalue weighted by Crippen LogP contribution is 2.36. The Morgan fingerprint density at radius 1 is 0.971 bits per heavy atom. The second kappa shape index (κ2) is 9.07. The van der Waals surface area contributed by atoms with Crippen molar-refractivity contribution in [3.8, 4) is 11.5 Å². The van der Waals surface area contributed by atoms with Gasteiger partial charge in [-0.3, -0.25) is 9.52 Å². The van der Waals surface area contributed by atoms with Crippen LogP contribution in [0, 0.1) is 0 Å². The number of carbonyl (C=O) groups excluding carboxylic acids is 1. The molecule has 0 aliphatic carbocycles. The van der Waals surface area contributed by atoms with Crippen LogP contribution in [0.1, 0.15) is 5.56 Å². The van der Waals surface area contributed by atoms with Crippen molar-refractivity contribution < 1.29 is 35.9 Å². The van der Waals surface area contributed by atoms with E-state index in [-0.39, 0.29) is 22.9 Å². The number of hydrogen-bond acceptors (Lipinski definition) is 5. The number of anilines is 2. The number of halogens is 4. The highest BCUT2D eigenvalue weighted by Gasteiger charge is 2.34. The van der Waals surface area contributed by atoms with E-state index in [1.54, 1.807) is 24.3 Å². The average Bonchev–Trinajstić information content (AvgIpc) is 2.79. The third kappa shape index (κ3) is 5.20. The number of amides is 1. The zero-order valence-corrected chi connectivity index (χ0v) is 18.7. The Kier molecular flexibility index (Phi) is 6.32. The molecule has 1 atom stereocenters. The van der Waals surface area contributed by atoms with E-state index >= 15 is 0 Å². The van der Waals surface area contributed by atoms with Gasteiger partial charge in [0.25, 0.3) is 15.9 Å². The van der Waals surface area contributed by atoms with E-state index in [1.807, 2.05) is 0 Å². The summed E-state index contributed by atoms with van der Waals surface area (Å²) in [5, 5.41) is 2.05. The summed E-state index contributed by atoms with van der Waals surface area (Å²) < 4.78 is 77.5. The molecule has 0 radical (unpaired) electrons. The maximum Gasteiger partial charge on any atom is 0.417 e. The summed E-state index contributed by atoms with van der Waals surface area (Å²) in [5.74, 6) is 0.457.